The molecule has 0 aromatic heterocycles. The fourth-order valence-corrected chi connectivity index (χ4v) is 6.24. The van der Waals surface area contributed by atoms with Crippen LogP contribution in [0.4, 0.5) is 0 Å². The average molecular weight is 544 g/mol. The van der Waals surface area contributed by atoms with Gasteiger partial charge in [0.2, 0.25) is 0 Å². The molecule has 0 unspecified atom stereocenters. The minimum Gasteiger partial charge on any atom is -0.422 e. The van der Waals surface area contributed by atoms with Crippen molar-refractivity contribution in [1.29, 1.82) is 5.26 Å². The van der Waals surface area contributed by atoms with Crippen LogP contribution >= 0.6 is 0 Å². The van der Waals surface area contributed by atoms with Gasteiger partial charge in [0.1, 0.15) is 11.8 Å². The Morgan fingerprint density at radius 2 is 1.38 bits per heavy atom. The van der Waals surface area contributed by atoms with Crippen molar-refractivity contribution >= 4 is 5.97 Å². The topological polar surface area (TPSA) is 50.1 Å². The molecule has 3 nitrogen and oxygen atoms in total. The maximum absolute atomic E-state index is 12.9. The molecule has 0 radical (unpaired) electrons. The van der Waals surface area contributed by atoms with Crippen molar-refractivity contribution in [3.05, 3.63) is 64.7 Å². The molecule has 0 N–H and O–H groups in total. The Morgan fingerprint density at radius 3 is 2.00 bits per heavy atom. The normalized spacial score (nSPS) is 16.9. The van der Waals surface area contributed by atoms with Gasteiger partial charge in [-0.1, -0.05) is 116 Å². The van der Waals surface area contributed by atoms with Crippen LogP contribution in [0.15, 0.2) is 42.5 Å². The standard InChI is InChI=1S/C37H53NO2/c1-3-5-7-9-10-11-13-15-17-31-20-27-36(35(28-31)29-38)40-37(39)34-25-23-33(24-26-34)32-21-18-30(19-22-32)16-14-12-8-6-4-2/h20,23-28,30,32H,3-19,21-22H2,1-2H3. The second kappa shape index (κ2) is 18.7. The summed E-state index contributed by atoms with van der Waals surface area (Å²) in [5.41, 5.74) is 3.44. The summed E-state index contributed by atoms with van der Waals surface area (Å²) in [7, 11) is 0. The largest absolute Gasteiger partial charge is 0.422 e. The van der Waals surface area contributed by atoms with Gasteiger partial charge in [-0.15, -0.1) is 0 Å². The van der Waals surface area contributed by atoms with Gasteiger partial charge in [0, 0.05) is 0 Å². The molecule has 0 saturated heterocycles. The lowest BCUT2D eigenvalue weighted by molar-refractivity contribution is 0.0734. The summed E-state index contributed by atoms with van der Waals surface area (Å²) >= 11 is 0. The number of hydrogen-bond donors (Lipinski definition) is 0. The molecule has 218 valence electrons. The Labute approximate surface area is 244 Å². The van der Waals surface area contributed by atoms with Gasteiger partial charge < -0.3 is 4.74 Å². The van der Waals surface area contributed by atoms with Crippen molar-refractivity contribution in [2.75, 3.05) is 0 Å². The summed E-state index contributed by atoms with van der Waals surface area (Å²) in [6.07, 6.45) is 24.7. The zero-order valence-electron chi connectivity index (χ0n) is 25.4. The lowest BCUT2D eigenvalue weighted by atomic mass is 9.77. The Bertz CT molecular complexity index is 1030. The number of hydrogen-bond acceptors (Lipinski definition) is 3. The first-order valence-corrected chi connectivity index (χ1v) is 16.5. The van der Waals surface area contributed by atoms with Gasteiger partial charge in [0.25, 0.3) is 0 Å². The maximum atomic E-state index is 12.9. The predicted octanol–water partition coefficient (Wildman–Crippen LogP) is 11.1. The Hall–Kier alpha value is -2.60. The fraction of sp³-hybridized carbons (Fsp3) is 0.622. The SMILES string of the molecule is CCCCCCCCCCc1ccc(OC(=O)c2ccc(C3CCC(CCCCCCC)CC3)cc2)c(C#N)c1. The number of nitrogens with zero attached hydrogens (tertiary/aromatic N) is 1. The molecule has 40 heavy (non-hydrogen) atoms. The van der Waals surface area contributed by atoms with Crippen LogP contribution in [-0.4, -0.2) is 5.97 Å². The number of rotatable bonds is 18. The lowest BCUT2D eigenvalue weighted by Gasteiger charge is -2.29. The van der Waals surface area contributed by atoms with Crippen LogP contribution in [0.2, 0.25) is 0 Å². The summed E-state index contributed by atoms with van der Waals surface area (Å²) in [5.74, 6) is 1.45. The third-order valence-electron chi connectivity index (χ3n) is 8.87. The van der Waals surface area contributed by atoms with E-state index in [1.165, 1.54) is 115 Å². The highest BCUT2D eigenvalue weighted by molar-refractivity contribution is 5.91. The molecule has 2 aromatic carbocycles. The predicted molar refractivity (Wildman–Crippen MR) is 167 cm³/mol. The van der Waals surface area contributed by atoms with E-state index in [0.29, 0.717) is 22.8 Å². The number of aryl methyl sites for hydroxylation is 1. The molecule has 0 atom stereocenters. The fourth-order valence-electron chi connectivity index (χ4n) is 6.24. The highest BCUT2D eigenvalue weighted by Gasteiger charge is 2.22. The van der Waals surface area contributed by atoms with Crippen LogP contribution in [0.5, 0.6) is 5.75 Å². The van der Waals surface area contributed by atoms with Crippen LogP contribution in [0.3, 0.4) is 0 Å². The van der Waals surface area contributed by atoms with Crippen molar-refractivity contribution in [2.24, 2.45) is 5.92 Å². The Balaban J connectivity index is 1.42. The highest BCUT2D eigenvalue weighted by Crippen LogP contribution is 2.38. The molecule has 2 aromatic rings. The highest BCUT2D eigenvalue weighted by atomic mass is 16.5. The smallest absolute Gasteiger partial charge is 0.343 e. The van der Waals surface area contributed by atoms with E-state index < -0.39 is 5.97 Å². The van der Waals surface area contributed by atoms with Gasteiger partial charge in [-0.05, 0) is 85.8 Å². The zero-order valence-corrected chi connectivity index (χ0v) is 25.4. The molecule has 0 heterocycles. The Kier molecular flexibility index (Phi) is 14.9. The molecule has 0 amide bonds. The molecular weight excluding hydrogens is 490 g/mol. The number of unbranched alkanes of at least 4 members (excludes halogenated alkanes) is 11. The number of carbonyl (C=O) groups excluding carboxylic acids is 1. The van der Waals surface area contributed by atoms with Crippen LogP contribution in [0.1, 0.15) is 162 Å². The quantitative estimate of drug-likeness (QED) is 0.107. The molecular formula is C37H53NO2. The van der Waals surface area contributed by atoms with Gasteiger partial charge in [0.15, 0.2) is 0 Å². The number of carbonyl (C=O) groups is 1. The summed E-state index contributed by atoms with van der Waals surface area (Å²) in [6.45, 7) is 4.53. The van der Waals surface area contributed by atoms with E-state index in [0.717, 1.165) is 24.3 Å². The molecule has 1 aliphatic carbocycles. The van der Waals surface area contributed by atoms with Gasteiger partial charge >= 0.3 is 5.97 Å². The lowest BCUT2D eigenvalue weighted by Crippen LogP contribution is -2.14. The first-order valence-electron chi connectivity index (χ1n) is 16.5. The van der Waals surface area contributed by atoms with Crippen molar-refractivity contribution in [2.45, 2.75) is 142 Å². The van der Waals surface area contributed by atoms with Gasteiger partial charge in [-0.25, -0.2) is 4.79 Å². The molecule has 0 aliphatic heterocycles. The zero-order chi connectivity index (χ0) is 28.4. The summed E-state index contributed by atoms with van der Waals surface area (Å²) < 4.78 is 5.67. The molecule has 1 fully saturated rings. The van der Waals surface area contributed by atoms with Crippen molar-refractivity contribution < 1.29 is 9.53 Å². The third kappa shape index (κ3) is 11.1. The van der Waals surface area contributed by atoms with Crippen molar-refractivity contribution in [3.63, 3.8) is 0 Å². The van der Waals surface area contributed by atoms with Gasteiger partial charge in [0.05, 0.1) is 11.1 Å². The maximum Gasteiger partial charge on any atom is 0.343 e. The number of esters is 1. The van der Waals surface area contributed by atoms with Crippen LogP contribution < -0.4 is 4.74 Å². The van der Waals surface area contributed by atoms with Crippen LogP contribution in [0.25, 0.3) is 0 Å². The summed E-state index contributed by atoms with van der Waals surface area (Å²) in [4.78, 5) is 12.9. The first-order chi connectivity index (χ1) is 19.6. The number of ether oxygens (including phenoxy) is 1. The molecule has 1 saturated carbocycles. The molecule has 0 bridgehead atoms. The number of nitriles is 1. The van der Waals surface area contributed by atoms with E-state index in [2.05, 4.69) is 32.0 Å². The first kappa shape index (κ1) is 31.9. The molecule has 0 spiro atoms. The summed E-state index contributed by atoms with van der Waals surface area (Å²) in [5, 5.41) is 9.68. The Morgan fingerprint density at radius 1 is 0.775 bits per heavy atom. The molecule has 3 rings (SSSR count). The minimum atomic E-state index is -0.398. The second-order valence-corrected chi connectivity index (χ2v) is 12.1. The van der Waals surface area contributed by atoms with E-state index >= 15 is 0 Å². The van der Waals surface area contributed by atoms with Gasteiger partial charge in [-0.3, -0.25) is 0 Å². The van der Waals surface area contributed by atoms with E-state index in [9.17, 15) is 10.1 Å². The van der Waals surface area contributed by atoms with E-state index in [1.54, 1.807) is 6.07 Å². The third-order valence-corrected chi connectivity index (χ3v) is 8.87. The monoisotopic (exact) mass is 543 g/mol. The average Bonchev–Trinajstić information content (AvgIpc) is 2.99. The molecule has 3 heteroatoms. The summed E-state index contributed by atoms with van der Waals surface area (Å²) in [6, 6.07) is 15.9. The minimum absolute atomic E-state index is 0.351. The van der Waals surface area contributed by atoms with E-state index in [-0.39, 0.29) is 0 Å². The number of benzene rings is 2. The van der Waals surface area contributed by atoms with Crippen molar-refractivity contribution in [3.8, 4) is 11.8 Å². The van der Waals surface area contributed by atoms with Crippen molar-refractivity contribution in [1.82, 2.24) is 0 Å². The second-order valence-electron chi connectivity index (χ2n) is 12.1. The molecule has 1 aliphatic rings. The van der Waals surface area contributed by atoms with E-state index in [4.69, 9.17) is 4.74 Å². The van der Waals surface area contributed by atoms with E-state index in [1.807, 2.05) is 24.3 Å². The van der Waals surface area contributed by atoms with Crippen LogP contribution in [0, 0.1) is 17.2 Å². The van der Waals surface area contributed by atoms with Crippen LogP contribution in [-0.2, 0) is 6.42 Å². The van der Waals surface area contributed by atoms with Gasteiger partial charge in [-0.2, -0.15) is 5.26 Å².